The van der Waals surface area contributed by atoms with Crippen LogP contribution in [0.5, 0.6) is 0 Å². The van der Waals surface area contributed by atoms with E-state index < -0.39 is 0 Å². The van der Waals surface area contributed by atoms with Crippen LogP contribution in [0.1, 0.15) is 46.0 Å². The molecule has 3 atom stereocenters. The second-order valence-corrected chi connectivity index (χ2v) is 5.19. The summed E-state index contributed by atoms with van der Waals surface area (Å²) in [6.45, 7) is 4.52. The summed E-state index contributed by atoms with van der Waals surface area (Å²) in [7, 11) is 0. The summed E-state index contributed by atoms with van der Waals surface area (Å²) in [5.74, 6) is 0.763. The van der Waals surface area contributed by atoms with E-state index in [1.54, 1.807) is 0 Å². The van der Waals surface area contributed by atoms with Crippen molar-refractivity contribution in [1.82, 2.24) is 0 Å². The summed E-state index contributed by atoms with van der Waals surface area (Å²) in [5, 5.41) is 0. The molecule has 76 valence electrons. The minimum Gasteiger partial charge on any atom is -0.373 e. The number of rotatable bonds is 3. The molecule has 2 fully saturated rings. The van der Waals surface area contributed by atoms with Crippen LogP contribution in [0, 0.1) is 5.92 Å². The largest absolute Gasteiger partial charge is 0.373 e. The van der Waals surface area contributed by atoms with Crippen molar-refractivity contribution in [3.05, 3.63) is 0 Å². The average molecular weight is 183 g/mol. The lowest BCUT2D eigenvalue weighted by Gasteiger charge is -2.31. The molecule has 2 aliphatic rings. The number of fused-ring (bicyclic) bond motifs is 2. The molecule has 0 aromatic rings. The molecule has 2 heteroatoms. The number of hydrogen-bond donors (Lipinski definition) is 1. The molecule has 2 saturated heterocycles. The van der Waals surface area contributed by atoms with Crippen molar-refractivity contribution in [1.29, 1.82) is 0 Å². The summed E-state index contributed by atoms with van der Waals surface area (Å²) in [4.78, 5) is 0. The number of hydrogen-bond acceptors (Lipinski definition) is 2. The van der Waals surface area contributed by atoms with E-state index in [9.17, 15) is 0 Å². The van der Waals surface area contributed by atoms with Crippen molar-refractivity contribution in [2.75, 3.05) is 0 Å². The lowest BCUT2D eigenvalue weighted by molar-refractivity contribution is 0.0826. The molecule has 2 N–H and O–H groups in total. The second-order valence-electron chi connectivity index (χ2n) is 5.19. The predicted octanol–water partition coefficient (Wildman–Crippen LogP) is 2.07. The Morgan fingerprint density at radius 1 is 1.46 bits per heavy atom. The lowest BCUT2D eigenvalue weighted by Crippen LogP contribution is -2.48. The van der Waals surface area contributed by atoms with Gasteiger partial charge in [-0.15, -0.1) is 0 Å². The Morgan fingerprint density at radius 2 is 2.23 bits per heavy atom. The van der Waals surface area contributed by atoms with Gasteiger partial charge in [-0.05, 0) is 38.0 Å². The number of nitrogens with two attached hydrogens (primary N) is 1. The Labute approximate surface area is 80.8 Å². The zero-order chi connectivity index (χ0) is 9.47. The van der Waals surface area contributed by atoms with Crippen molar-refractivity contribution in [3.63, 3.8) is 0 Å². The average Bonchev–Trinajstić information content (AvgIpc) is 2.60. The Balaban J connectivity index is 1.90. The molecule has 2 rings (SSSR count). The first-order valence-corrected chi connectivity index (χ1v) is 5.54. The van der Waals surface area contributed by atoms with Gasteiger partial charge in [-0.2, -0.15) is 0 Å². The standard InChI is InChI=1S/C11H21NO/c1-8(2)5-6-11(12)7-9-3-4-10(11)13-9/h8-10H,3-7,12H2,1-2H3. The lowest BCUT2D eigenvalue weighted by atomic mass is 9.78. The van der Waals surface area contributed by atoms with Gasteiger partial charge in [0, 0.05) is 5.54 Å². The molecule has 3 unspecified atom stereocenters. The van der Waals surface area contributed by atoms with Crippen LogP contribution in [0.3, 0.4) is 0 Å². The maximum Gasteiger partial charge on any atom is 0.0760 e. The minimum atomic E-state index is 0.0210. The van der Waals surface area contributed by atoms with E-state index in [1.165, 1.54) is 19.3 Å². The van der Waals surface area contributed by atoms with Crippen LogP contribution in [-0.2, 0) is 4.74 Å². The van der Waals surface area contributed by atoms with Crippen molar-refractivity contribution < 1.29 is 4.74 Å². The topological polar surface area (TPSA) is 35.2 Å². The monoisotopic (exact) mass is 183 g/mol. The molecule has 2 nitrogen and oxygen atoms in total. The van der Waals surface area contributed by atoms with Crippen molar-refractivity contribution >= 4 is 0 Å². The van der Waals surface area contributed by atoms with Gasteiger partial charge in [-0.1, -0.05) is 13.8 Å². The fourth-order valence-electron chi connectivity index (χ4n) is 2.65. The van der Waals surface area contributed by atoms with Crippen LogP contribution in [-0.4, -0.2) is 17.7 Å². The highest BCUT2D eigenvalue weighted by molar-refractivity contribution is 5.04. The normalized spacial score (nSPS) is 43.4. The van der Waals surface area contributed by atoms with Crippen LogP contribution in [0.25, 0.3) is 0 Å². The van der Waals surface area contributed by atoms with E-state index in [0.29, 0.717) is 12.2 Å². The highest BCUT2D eigenvalue weighted by atomic mass is 16.5. The van der Waals surface area contributed by atoms with Crippen LogP contribution in [0.2, 0.25) is 0 Å². The SMILES string of the molecule is CC(C)CCC1(N)CC2CCC1O2. The third kappa shape index (κ3) is 1.75. The fourth-order valence-corrected chi connectivity index (χ4v) is 2.65. The van der Waals surface area contributed by atoms with Gasteiger partial charge in [0.2, 0.25) is 0 Å². The quantitative estimate of drug-likeness (QED) is 0.727. The van der Waals surface area contributed by atoms with Gasteiger partial charge in [-0.3, -0.25) is 0 Å². The Hall–Kier alpha value is -0.0800. The van der Waals surface area contributed by atoms with E-state index in [-0.39, 0.29) is 5.54 Å². The van der Waals surface area contributed by atoms with E-state index in [0.717, 1.165) is 18.8 Å². The van der Waals surface area contributed by atoms with Crippen LogP contribution in [0.4, 0.5) is 0 Å². The fraction of sp³-hybridized carbons (Fsp3) is 1.00. The molecule has 2 bridgehead atoms. The van der Waals surface area contributed by atoms with Gasteiger partial charge in [0.1, 0.15) is 0 Å². The third-order valence-corrected chi connectivity index (χ3v) is 3.54. The first kappa shape index (κ1) is 9.47. The highest BCUT2D eigenvalue weighted by Gasteiger charge is 2.49. The van der Waals surface area contributed by atoms with E-state index in [2.05, 4.69) is 13.8 Å². The molecule has 2 aliphatic heterocycles. The molecule has 0 amide bonds. The first-order chi connectivity index (χ1) is 6.10. The highest BCUT2D eigenvalue weighted by Crippen LogP contribution is 2.42. The molecule has 0 aromatic heterocycles. The third-order valence-electron chi connectivity index (χ3n) is 3.54. The first-order valence-electron chi connectivity index (χ1n) is 5.54. The maximum atomic E-state index is 6.37. The second kappa shape index (κ2) is 3.25. The van der Waals surface area contributed by atoms with E-state index in [4.69, 9.17) is 10.5 Å². The zero-order valence-corrected chi connectivity index (χ0v) is 8.75. The Morgan fingerprint density at radius 3 is 2.69 bits per heavy atom. The van der Waals surface area contributed by atoms with Gasteiger partial charge in [0.05, 0.1) is 12.2 Å². The molecule has 13 heavy (non-hydrogen) atoms. The van der Waals surface area contributed by atoms with Gasteiger partial charge < -0.3 is 10.5 Å². The molecule has 2 heterocycles. The molecule has 0 spiro atoms. The smallest absolute Gasteiger partial charge is 0.0760 e. The van der Waals surface area contributed by atoms with Crippen molar-refractivity contribution in [2.24, 2.45) is 11.7 Å². The molecule has 0 aromatic carbocycles. The van der Waals surface area contributed by atoms with Gasteiger partial charge in [0.25, 0.3) is 0 Å². The van der Waals surface area contributed by atoms with Gasteiger partial charge >= 0.3 is 0 Å². The van der Waals surface area contributed by atoms with Gasteiger partial charge in [0.15, 0.2) is 0 Å². The van der Waals surface area contributed by atoms with Crippen molar-refractivity contribution in [2.45, 2.75) is 63.7 Å². The summed E-state index contributed by atoms with van der Waals surface area (Å²) in [6.07, 6.45) is 6.78. The Kier molecular flexibility index (Phi) is 2.37. The molecular formula is C11H21NO. The Bertz CT molecular complexity index is 193. The molecular weight excluding hydrogens is 162 g/mol. The summed E-state index contributed by atoms with van der Waals surface area (Å²) >= 11 is 0. The summed E-state index contributed by atoms with van der Waals surface area (Å²) in [6, 6.07) is 0. The van der Waals surface area contributed by atoms with Crippen LogP contribution < -0.4 is 5.73 Å². The van der Waals surface area contributed by atoms with Gasteiger partial charge in [-0.25, -0.2) is 0 Å². The number of ether oxygens (including phenoxy) is 1. The molecule has 0 radical (unpaired) electrons. The van der Waals surface area contributed by atoms with E-state index >= 15 is 0 Å². The summed E-state index contributed by atoms with van der Waals surface area (Å²) < 4.78 is 5.80. The summed E-state index contributed by atoms with van der Waals surface area (Å²) in [5.41, 5.74) is 6.39. The maximum absolute atomic E-state index is 6.37. The minimum absolute atomic E-state index is 0.0210. The predicted molar refractivity (Wildman–Crippen MR) is 53.5 cm³/mol. The van der Waals surface area contributed by atoms with E-state index in [1.807, 2.05) is 0 Å². The molecule has 0 saturated carbocycles. The van der Waals surface area contributed by atoms with Crippen LogP contribution >= 0.6 is 0 Å². The molecule has 0 aliphatic carbocycles. The zero-order valence-electron chi connectivity index (χ0n) is 8.75. The van der Waals surface area contributed by atoms with Crippen molar-refractivity contribution in [3.8, 4) is 0 Å². The van der Waals surface area contributed by atoms with Crippen LogP contribution in [0.15, 0.2) is 0 Å².